The molecule has 0 saturated heterocycles. The molecule has 3 N–H and O–H groups in total. The number of benzene rings is 1. The van der Waals surface area contributed by atoms with E-state index in [0.29, 0.717) is 24.8 Å². The Morgan fingerprint density at radius 1 is 1.28 bits per heavy atom. The minimum atomic E-state index is 0.413. The lowest BCUT2D eigenvalue weighted by Crippen LogP contribution is -2.12. The highest BCUT2D eigenvalue weighted by atomic mass is 16.5. The van der Waals surface area contributed by atoms with Gasteiger partial charge in [0.2, 0.25) is 0 Å². The van der Waals surface area contributed by atoms with E-state index in [1.54, 1.807) is 6.20 Å². The summed E-state index contributed by atoms with van der Waals surface area (Å²) in [6.45, 7) is 3.26. The van der Waals surface area contributed by atoms with Crippen molar-refractivity contribution in [2.45, 2.75) is 6.92 Å². The first kappa shape index (κ1) is 12.2. The second-order valence-electron chi connectivity index (χ2n) is 3.92. The van der Waals surface area contributed by atoms with E-state index in [-0.39, 0.29) is 0 Å². The number of aromatic nitrogens is 2. The van der Waals surface area contributed by atoms with Crippen LogP contribution in [0.4, 0.5) is 11.6 Å². The Labute approximate surface area is 106 Å². The lowest BCUT2D eigenvalue weighted by Gasteiger charge is -2.08. The number of anilines is 2. The molecule has 1 aromatic carbocycles. The molecule has 2 aromatic rings. The van der Waals surface area contributed by atoms with Gasteiger partial charge in [-0.2, -0.15) is 0 Å². The minimum Gasteiger partial charge on any atom is -0.492 e. The molecule has 0 spiro atoms. The number of nitrogen functional groups attached to an aromatic ring is 1. The molecule has 0 unspecified atom stereocenters. The summed E-state index contributed by atoms with van der Waals surface area (Å²) in [5, 5.41) is 3.10. The highest BCUT2D eigenvalue weighted by Gasteiger charge is 1.96. The molecule has 0 atom stereocenters. The van der Waals surface area contributed by atoms with Gasteiger partial charge in [-0.1, -0.05) is 12.1 Å². The number of nitrogens with two attached hydrogens (primary N) is 1. The average Bonchev–Trinajstić information content (AvgIpc) is 2.37. The van der Waals surface area contributed by atoms with Crippen LogP contribution in [0.3, 0.4) is 0 Å². The molecule has 0 aliphatic carbocycles. The summed E-state index contributed by atoms with van der Waals surface area (Å²) in [4.78, 5) is 8.02. The maximum Gasteiger partial charge on any atom is 0.144 e. The Hall–Kier alpha value is -2.30. The SMILES string of the molecule is Cc1cccc(OCCNc2cnc(N)cn2)c1. The fourth-order valence-electron chi connectivity index (χ4n) is 1.48. The standard InChI is InChI=1S/C13H16N4O/c1-10-3-2-4-11(7-10)18-6-5-15-13-9-16-12(14)8-17-13/h2-4,7-9H,5-6H2,1H3,(H2,14,16)(H,15,17). The second-order valence-corrected chi connectivity index (χ2v) is 3.92. The third-order valence-electron chi connectivity index (χ3n) is 2.34. The Balaban J connectivity index is 1.74. The highest BCUT2D eigenvalue weighted by molar-refractivity contribution is 5.35. The zero-order valence-electron chi connectivity index (χ0n) is 10.3. The molecular formula is C13H16N4O. The van der Waals surface area contributed by atoms with Crippen molar-refractivity contribution in [2.24, 2.45) is 0 Å². The van der Waals surface area contributed by atoms with Crippen molar-refractivity contribution >= 4 is 11.6 Å². The normalized spacial score (nSPS) is 10.1. The summed E-state index contributed by atoms with van der Waals surface area (Å²) in [6, 6.07) is 7.96. The summed E-state index contributed by atoms with van der Waals surface area (Å²) in [5.74, 6) is 1.98. The smallest absolute Gasteiger partial charge is 0.144 e. The molecule has 0 bridgehead atoms. The van der Waals surface area contributed by atoms with E-state index in [4.69, 9.17) is 10.5 Å². The monoisotopic (exact) mass is 244 g/mol. The Bertz CT molecular complexity index is 499. The third kappa shape index (κ3) is 3.62. The van der Waals surface area contributed by atoms with Crippen LogP contribution < -0.4 is 15.8 Å². The number of hydrogen-bond acceptors (Lipinski definition) is 5. The second kappa shape index (κ2) is 5.86. The van der Waals surface area contributed by atoms with E-state index in [1.165, 1.54) is 11.8 Å². The summed E-state index contributed by atoms with van der Waals surface area (Å²) in [5.41, 5.74) is 6.63. The third-order valence-corrected chi connectivity index (χ3v) is 2.34. The van der Waals surface area contributed by atoms with E-state index >= 15 is 0 Å². The van der Waals surface area contributed by atoms with E-state index in [2.05, 4.69) is 15.3 Å². The molecule has 1 heterocycles. The van der Waals surface area contributed by atoms with Crippen LogP contribution in [0, 0.1) is 6.92 Å². The number of rotatable bonds is 5. The molecule has 5 nitrogen and oxygen atoms in total. The summed E-state index contributed by atoms with van der Waals surface area (Å²) in [7, 11) is 0. The zero-order valence-corrected chi connectivity index (χ0v) is 10.3. The first-order valence-corrected chi connectivity index (χ1v) is 5.75. The maximum atomic E-state index is 5.60. The lowest BCUT2D eigenvalue weighted by molar-refractivity contribution is 0.332. The Morgan fingerprint density at radius 2 is 2.17 bits per heavy atom. The predicted molar refractivity (Wildman–Crippen MR) is 71.6 cm³/mol. The van der Waals surface area contributed by atoms with Gasteiger partial charge in [0.25, 0.3) is 0 Å². The Kier molecular flexibility index (Phi) is 3.96. The molecule has 18 heavy (non-hydrogen) atoms. The lowest BCUT2D eigenvalue weighted by atomic mass is 10.2. The van der Waals surface area contributed by atoms with Gasteiger partial charge in [0.1, 0.15) is 24.0 Å². The van der Waals surface area contributed by atoms with Gasteiger partial charge in [0, 0.05) is 0 Å². The van der Waals surface area contributed by atoms with Crippen molar-refractivity contribution in [3.05, 3.63) is 42.2 Å². The molecule has 0 aliphatic rings. The van der Waals surface area contributed by atoms with Crippen molar-refractivity contribution in [3.63, 3.8) is 0 Å². The van der Waals surface area contributed by atoms with Crippen molar-refractivity contribution in [3.8, 4) is 5.75 Å². The van der Waals surface area contributed by atoms with Crippen LogP contribution in [0.25, 0.3) is 0 Å². The van der Waals surface area contributed by atoms with Gasteiger partial charge < -0.3 is 15.8 Å². The van der Waals surface area contributed by atoms with E-state index in [0.717, 1.165) is 5.75 Å². The molecule has 5 heteroatoms. The van der Waals surface area contributed by atoms with Crippen molar-refractivity contribution < 1.29 is 4.74 Å². The van der Waals surface area contributed by atoms with Crippen molar-refractivity contribution in [2.75, 3.05) is 24.2 Å². The van der Waals surface area contributed by atoms with Gasteiger partial charge in [-0.3, -0.25) is 0 Å². The number of nitrogens with one attached hydrogen (secondary N) is 1. The van der Waals surface area contributed by atoms with Crippen LogP contribution >= 0.6 is 0 Å². The van der Waals surface area contributed by atoms with Crippen molar-refractivity contribution in [1.82, 2.24) is 9.97 Å². The van der Waals surface area contributed by atoms with Gasteiger partial charge in [0.15, 0.2) is 0 Å². The van der Waals surface area contributed by atoms with Gasteiger partial charge in [-0.15, -0.1) is 0 Å². The molecule has 0 aliphatic heterocycles. The first-order valence-electron chi connectivity index (χ1n) is 5.75. The van der Waals surface area contributed by atoms with Crippen LogP contribution in [-0.4, -0.2) is 23.1 Å². The molecule has 0 amide bonds. The topological polar surface area (TPSA) is 73.1 Å². The minimum absolute atomic E-state index is 0.413. The fraction of sp³-hybridized carbons (Fsp3) is 0.231. The van der Waals surface area contributed by atoms with Crippen LogP contribution in [0.5, 0.6) is 5.75 Å². The van der Waals surface area contributed by atoms with E-state index in [1.807, 2.05) is 31.2 Å². The van der Waals surface area contributed by atoms with Gasteiger partial charge in [-0.25, -0.2) is 9.97 Å². The maximum absolute atomic E-state index is 5.60. The van der Waals surface area contributed by atoms with Crippen molar-refractivity contribution in [1.29, 1.82) is 0 Å². The summed E-state index contributed by atoms with van der Waals surface area (Å²) >= 11 is 0. The molecule has 0 radical (unpaired) electrons. The highest BCUT2D eigenvalue weighted by Crippen LogP contribution is 2.12. The molecule has 0 saturated carbocycles. The molecule has 2 rings (SSSR count). The zero-order chi connectivity index (χ0) is 12.8. The predicted octanol–water partition coefficient (Wildman–Crippen LogP) is 1.86. The van der Waals surface area contributed by atoms with Gasteiger partial charge in [0.05, 0.1) is 18.9 Å². The number of hydrogen-bond donors (Lipinski definition) is 2. The molecule has 94 valence electrons. The summed E-state index contributed by atoms with van der Waals surface area (Å²) in [6.07, 6.45) is 3.12. The number of nitrogens with zero attached hydrogens (tertiary/aromatic N) is 2. The number of aryl methyl sites for hydroxylation is 1. The quantitative estimate of drug-likeness (QED) is 0.785. The van der Waals surface area contributed by atoms with Crippen LogP contribution in [0.15, 0.2) is 36.7 Å². The molecule has 1 aromatic heterocycles. The number of ether oxygens (including phenoxy) is 1. The average molecular weight is 244 g/mol. The van der Waals surface area contributed by atoms with Gasteiger partial charge in [-0.05, 0) is 24.6 Å². The van der Waals surface area contributed by atoms with Crippen LogP contribution in [0.2, 0.25) is 0 Å². The fourth-order valence-corrected chi connectivity index (χ4v) is 1.48. The van der Waals surface area contributed by atoms with Crippen LogP contribution in [-0.2, 0) is 0 Å². The molecule has 0 fully saturated rings. The Morgan fingerprint density at radius 3 is 2.89 bits per heavy atom. The largest absolute Gasteiger partial charge is 0.492 e. The van der Waals surface area contributed by atoms with Gasteiger partial charge >= 0.3 is 0 Å². The summed E-state index contributed by atoms with van der Waals surface area (Å²) < 4.78 is 5.60. The van der Waals surface area contributed by atoms with E-state index in [9.17, 15) is 0 Å². The molecular weight excluding hydrogens is 228 g/mol. The van der Waals surface area contributed by atoms with Crippen LogP contribution in [0.1, 0.15) is 5.56 Å². The van der Waals surface area contributed by atoms with E-state index < -0.39 is 0 Å². The first-order chi connectivity index (χ1) is 8.74.